The average molecular weight is 244 g/mol. The number of ether oxygens (including phenoxy) is 1. The molecule has 0 heterocycles. The van der Waals surface area contributed by atoms with Crippen molar-refractivity contribution in [1.29, 1.82) is 0 Å². The van der Waals surface area contributed by atoms with E-state index in [-0.39, 0.29) is 7.33 Å². The third-order valence-electron chi connectivity index (χ3n) is 1.89. The molecule has 0 aliphatic heterocycles. The fraction of sp³-hybridized carbons (Fsp3) is 0.667. The topological polar surface area (TPSA) is 58.6 Å². The summed E-state index contributed by atoms with van der Waals surface area (Å²) < 4.78 is 5.07. The summed E-state index contributed by atoms with van der Waals surface area (Å²) in [5.74, 6) is -0.123. The highest BCUT2D eigenvalue weighted by Crippen LogP contribution is 2.06. The molecule has 0 spiro atoms. The predicted molar refractivity (Wildman–Crippen MR) is 68.8 cm³/mol. The summed E-state index contributed by atoms with van der Waals surface area (Å²) in [7, 11) is 1.69. The maximum absolute atomic E-state index is 11.3. The van der Waals surface area contributed by atoms with Gasteiger partial charge in [0.1, 0.15) is 5.60 Å². The van der Waals surface area contributed by atoms with E-state index in [9.17, 15) is 9.59 Å². The highest BCUT2D eigenvalue weighted by atomic mass is 16.6. The first-order chi connectivity index (χ1) is 7.76. The lowest BCUT2D eigenvalue weighted by Crippen LogP contribution is -2.34. The molecule has 0 aliphatic carbocycles. The van der Waals surface area contributed by atoms with Crippen LogP contribution in [-0.2, 0) is 9.53 Å². The van der Waals surface area contributed by atoms with Crippen molar-refractivity contribution in [2.75, 3.05) is 20.1 Å². The molecule has 100 valence electrons. The summed E-state index contributed by atoms with van der Waals surface area (Å²) >= 11 is 0. The number of nitrogens with zero attached hydrogens (tertiary/aromatic N) is 1. The van der Waals surface area contributed by atoms with Crippen LogP contribution < -0.4 is 5.32 Å². The van der Waals surface area contributed by atoms with Crippen LogP contribution in [0.25, 0.3) is 0 Å². The van der Waals surface area contributed by atoms with Gasteiger partial charge in [0, 0.05) is 21.6 Å². The number of hydrogen-bond acceptors (Lipinski definition) is 3. The molecule has 0 atom stereocenters. The van der Waals surface area contributed by atoms with Gasteiger partial charge in [-0.05, 0) is 33.3 Å². The second-order valence-corrected chi connectivity index (χ2v) is 4.75. The molecule has 5 heteroatoms. The molecule has 0 aliphatic rings. The largest absolute Gasteiger partial charge is 0.444 e. The summed E-state index contributed by atoms with van der Waals surface area (Å²) in [6.07, 6.45) is 1.51. The fourth-order valence-electron chi connectivity index (χ4n) is 1.09. The van der Waals surface area contributed by atoms with Crippen molar-refractivity contribution in [1.82, 2.24) is 10.2 Å². The molecule has 0 unspecified atom stereocenters. The first kappa shape index (κ1) is 15.5. The number of alkyl carbamates (subject to hydrolysis) is 1. The van der Waals surface area contributed by atoms with E-state index in [4.69, 9.17) is 4.74 Å². The highest BCUT2D eigenvalue weighted by molar-refractivity contribution is 5.86. The van der Waals surface area contributed by atoms with Crippen molar-refractivity contribution in [3.05, 3.63) is 12.7 Å². The summed E-state index contributed by atoms with van der Waals surface area (Å²) in [6, 6.07) is 0. The number of hydrogen-bond donors (Lipinski definition) is 1. The van der Waals surface area contributed by atoms with Crippen molar-refractivity contribution in [3.63, 3.8) is 0 Å². The van der Waals surface area contributed by atoms with Crippen LogP contribution in [0.4, 0.5) is 4.79 Å². The Morgan fingerprint density at radius 2 is 2.06 bits per heavy atom. The van der Waals surface area contributed by atoms with Crippen LogP contribution in [0.2, 0.25) is 0 Å². The summed E-state index contributed by atoms with van der Waals surface area (Å²) in [5, 5.41) is 2.63. The Bertz CT molecular complexity index is 288. The lowest BCUT2D eigenvalue weighted by molar-refractivity contribution is -0.124. The molecule has 0 bridgehead atoms. The zero-order chi connectivity index (χ0) is 13.5. The Labute approximate surface area is 104 Å². The second-order valence-electron chi connectivity index (χ2n) is 4.75. The van der Waals surface area contributed by atoms with Crippen LogP contribution in [-0.4, -0.2) is 42.6 Å². The van der Waals surface area contributed by atoms with Crippen molar-refractivity contribution in [3.8, 4) is 0 Å². The molecule has 0 aromatic carbocycles. The molecule has 0 saturated carbocycles. The molecule has 1 N–H and O–H groups in total. The normalized spacial score (nSPS) is 10.6. The van der Waals surface area contributed by atoms with Gasteiger partial charge in [-0.2, -0.15) is 0 Å². The second kappa shape index (κ2) is 6.93. The maximum Gasteiger partial charge on any atom is 0.407 e. The third kappa shape index (κ3) is 8.30. The van der Waals surface area contributed by atoms with Gasteiger partial charge in [-0.25, -0.2) is 4.79 Å². The van der Waals surface area contributed by atoms with Crippen molar-refractivity contribution < 1.29 is 15.8 Å². The van der Waals surface area contributed by atoms with E-state index in [1.165, 1.54) is 6.08 Å². The number of amides is 2. The van der Waals surface area contributed by atoms with Gasteiger partial charge in [0.15, 0.2) is 0 Å². The predicted octanol–water partition coefficient (Wildman–Crippen LogP) is 1.79. The quantitative estimate of drug-likeness (QED) is 0.592. The highest BCUT2D eigenvalue weighted by Gasteiger charge is 2.15. The van der Waals surface area contributed by atoms with E-state index in [0.29, 0.717) is 19.5 Å². The molecule has 0 aromatic rings. The number of carbonyl (C=O) groups excluding carboxylic acids is 2. The van der Waals surface area contributed by atoms with Gasteiger partial charge in [-0.15, -0.1) is 0 Å². The standard InChI is InChI=1S/C12H22N2O3.H2/c1-6-10(15)14(5)9-7-8-13-11(16)17-12(2,3)4;/h6H,1,7-9H2,2-5H3,(H,13,16);1H. The van der Waals surface area contributed by atoms with Crippen molar-refractivity contribution in [2.45, 2.75) is 32.8 Å². The SMILES string of the molecule is C=CC(=O)N(C)CCCNC(=O)OC(C)(C)C.[HH]. The van der Waals surface area contributed by atoms with Crippen molar-refractivity contribution in [2.24, 2.45) is 0 Å². The zero-order valence-electron chi connectivity index (χ0n) is 11.1. The molecule has 2 amide bonds. The van der Waals surface area contributed by atoms with Gasteiger partial charge in [0.2, 0.25) is 5.91 Å². The number of likely N-dealkylation sites (N-methyl/N-ethyl adjacent to an activating group) is 1. The minimum Gasteiger partial charge on any atom is -0.444 e. The lowest BCUT2D eigenvalue weighted by Gasteiger charge is -2.20. The Hall–Kier alpha value is -1.52. The summed E-state index contributed by atoms with van der Waals surface area (Å²) in [4.78, 5) is 23.9. The Morgan fingerprint density at radius 1 is 1.47 bits per heavy atom. The van der Waals surface area contributed by atoms with Crippen LogP contribution in [0.5, 0.6) is 0 Å². The minimum absolute atomic E-state index is 0. The smallest absolute Gasteiger partial charge is 0.407 e. The van der Waals surface area contributed by atoms with E-state index in [0.717, 1.165) is 0 Å². The molecule has 0 saturated heterocycles. The monoisotopic (exact) mass is 244 g/mol. The summed E-state index contributed by atoms with van der Waals surface area (Å²) in [6.45, 7) is 9.87. The van der Waals surface area contributed by atoms with Crippen molar-refractivity contribution >= 4 is 12.0 Å². The lowest BCUT2D eigenvalue weighted by atomic mass is 10.2. The first-order valence-electron chi connectivity index (χ1n) is 5.60. The molecule has 17 heavy (non-hydrogen) atoms. The fourth-order valence-corrected chi connectivity index (χ4v) is 1.09. The maximum atomic E-state index is 11.3. The van der Waals surface area contributed by atoms with Gasteiger partial charge in [-0.3, -0.25) is 4.79 Å². The summed E-state index contributed by atoms with van der Waals surface area (Å²) in [5.41, 5.74) is -0.486. The van der Waals surface area contributed by atoms with E-state index in [2.05, 4.69) is 11.9 Å². The molecule has 5 nitrogen and oxygen atoms in total. The van der Waals surface area contributed by atoms with Crippen LogP contribution in [0, 0.1) is 0 Å². The Morgan fingerprint density at radius 3 is 2.53 bits per heavy atom. The van der Waals surface area contributed by atoms with Crippen LogP contribution >= 0.6 is 0 Å². The number of rotatable bonds is 5. The minimum atomic E-state index is -0.486. The molecule has 0 radical (unpaired) electrons. The van der Waals surface area contributed by atoms with Crippen LogP contribution in [0.1, 0.15) is 28.6 Å². The zero-order valence-corrected chi connectivity index (χ0v) is 11.1. The molecule has 0 fully saturated rings. The number of carbonyl (C=O) groups is 2. The first-order valence-corrected chi connectivity index (χ1v) is 5.60. The van der Waals surface area contributed by atoms with E-state index < -0.39 is 11.7 Å². The molecule has 0 rings (SSSR count). The molecular formula is C12H24N2O3. The van der Waals surface area contributed by atoms with E-state index in [1.54, 1.807) is 11.9 Å². The van der Waals surface area contributed by atoms with Gasteiger partial charge >= 0.3 is 6.09 Å². The average Bonchev–Trinajstić information content (AvgIpc) is 2.20. The van der Waals surface area contributed by atoms with Gasteiger partial charge < -0.3 is 15.0 Å². The molecule has 0 aromatic heterocycles. The van der Waals surface area contributed by atoms with Gasteiger partial charge in [0.25, 0.3) is 0 Å². The van der Waals surface area contributed by atoms with Crippen LogP contribution in [0.3, 0.4) is 0 Å². The molecular weight excluding hydrogens is 220 g/mol. The third-order valence-corrected chi connectivity index (χ3v) is 1.89. The van der Waals surface area contributed by atoms with E-state index in [1.807, 2.05) is 20.8 Å². The van der Waals surface area contributed by atoms with Gasteiger partial charge in [-0.1, -0.05) is 6.58 Å². The van der Waals surface area contributed by atoms with Crippen LogP contribution in [0.15, 0.2) is 12.7 Å². The Kier molecular flexibility index (Phi) is 6.31. The Balaban J connectivity index is 0. The van der Waals surface area contributed by atoms with Gasteiger partial charge in [0.05, 0.1) is 0 Å². The number of nitrogens with one attached hydrogen (secondary N) is 1. The van der Waals surface area contributed by atoms with E-state index >= 15 is 0 Å².